The first-order valence-electron chi connectivity index (χ1n) is 11.9. The minimum absolute atomic E-state index is 0.00578. The molecule has 1 aromatic heterocycles. The van der Waals surface area contributed by atoms with E-state index in [1.54, 1.807) is 48.3 Å². The first-order chi connectivity index (χ1) is 17.7. The summed E-state index contributed by atoms with van der Waals surface area (Å²) in [7, 11) is 1.55. The number of nitrogens with zero attached hydrogens (tertiary/aromatic N) is 4. The third kappa shape index (κ3) is 5.59. The molecule has 10 nitrogen and oxygen atoms in total. The summed E-state index contributed by atoms with van der Waals surface area (Å²) in [6, 6.07) is 9.91. The van der Waals surface area contributed by atoms with Crippen molar-refractivity contribution in [3.05, 3.63) is 70.3 Å². The number of carboxylic acids is 1. The summed E-state index contributed by atoms with van der Waals surface area (Å²) >= 11 is 6.20. The molecule has 1 aliphatic heterocycles. The van der Waals surface area contributed by atoms with E-state index in [-0.39, 0.29) is 41.9 Å². The lowest BCUT2D eigenvalue weighted by Crippen LogP contribution is -2.40. The minimum atomic E-state index is -1.12. The number of nitrogens with two attached hydrogens (primary N) is 1. The van der Waals surface area contributed by atoms with Gasteiger partial charge in [-0.3, -0.25) is 14.5 Å². The fourth-order valence-electron chi connectivity index (χ4n) is 4.69. The van der Waals surface area contributed by atoms with Crippen LogP contribution >= 0.6 is 11.6 Å². The number of imide groups is 1. The number of aromatic carboxylic acids is 1. The molecule has 0 bridgehead atoms. The molecule has 0 radical (unpaired) electrons. The molecule has 194 valence electrons. The van der Waals surface area contributed by atoms with Crippen molar-refractivity contribution >= 4 is 35.1 Å². The molecule has 3 N–H and O–H groups in total. The summed E-state index contributed by atoms with van der Waals surface area (Å²) in [6.07, 6.45) is 2.52. The zero-order chi connectivity index (χ0) is 26.7. The third-order valence-electron chi connectivity index (χ3n) is 6.73. The normalized spacial score (nSPS) is 16.1. The van der Waals surface area contributed by atoms with Crippen LogP contribution < -0.4 is 10.5 Å². The molecule has 2 amide bonds. The lowest BCUT2D eigenvalue weighted by Gasteiger charge is -2.25. The molecular formula is C26H28ClN5O5. The topological polar surface area (TPSA) is 141 Å². The van der Waals surface area contributed by atoms with Crippen LogP contribution in [0.5, 0.6) is 5.75 Å². The predicted molar refractivity (Wildman–Crippen MR) is 136 cm³/mol. The molecule has 1 unspecified atom stereocenters. The van der Waals surface area contributed by atoms with Gasteiger partial charge in [-0.1, -0.05) is 24.6 Å². The van der Waals surface area contributed by atoms with Crippen molar-refractivity contribution in [1.29, 1.82) is 0 Å². The van der Waals surface area contributed by atoms with Gasteiger partial charge in [0, 0.05) is 23.7 Å². The van der Waals surface area contributed by atoms with Gasteiger partial charge >= 0.3 is 5.97 Å². The lowest BCUT2D eigenvalue weighted by atomic mass is 9.91. The molecule has 4 rings (SSSR count). The van der Waals surface area contributed by atoms with E-state index in [0.29, 0.717) is 36.0 Å². The van der Waals surface area contributed by atoms with Crippen LogP contribution in [-0.4, -0.2) is 49.7 Å². The molecule has 0 saturated carbocycles. The fraction of sp³-hybridized carbons (Fsp3) is 0.346. The molecule has 2 heterocycles. The second-order valence-electron chi connectivity index (χ2n) is 9.04. The fourth-order valence-corrected chi connectivity index (χ4v) is 4.89. The predicted octanol–water partition coefficient (Wildman–Crippen LogP) is 3.53. The van der Waals surface area contributed by atoms with E-state index in [2.05, 4.69) is 10.2 Å². The van der Waals surface area contributed by atoms with Crippen LogP contribution in [0.15, 0.2) is 42.7 Å². The Hall–Kier alpha value is -3.92. The van der Waals surface area contributed by atoms with Crippen molar-refractivity contribution in [2.75, 3.05) is 12.8 Å². The van der Waals surface area contributed by atoms with E-state index in [4.69, 9.17) is 22.1 Å². The monoisotopic (exact) mass is 525 g/mol. The summed E-state index contributed by atoms with van der Waals surface area (Å²) < 4.78 is 7.24. The Morgan fingerprint density at radius 2 is 2.05 bits per heavy atom. The van der Waals surface area contributed by atoms with E-state index < -0.39 is 11.9 Å². The van der Waals surface area contributed by atoms with Crippen LogP contribution in [-0.2, 0) is 29.1 Å². The van der Waals surface area contributed by atoms with Gasteiger partial charge in [0.15, 0.2) is 5.82 Å². The number of rotatable bonds is 8. The molecule has 11 heteroatoms. The summed E-state index contributed by atoms with van der Waals surface area (Å²) in [5.74, 6) is -1.47. The Morgan fingerprint density at radius 3 is 2.73 bits per heavy atom. The number of fused-ring (bicyclic) bond motifs is 1. The second-order valence-corrected chi connectivity index (χ2v) is 9.47. The lowest BCUT2D eigenvalue weighted by molar-refractivity contribution is -0.148. The summed E-state index contributed by atoms with van der Waals surface area (Å²) in [6.45, 7) is 2.25. The number of nitrogen functional groups attached to an aromatic ring is 1. The third-order valence-corrected chi connectivity index (χ3v) is 6.96. The number of anilines is 1. The van der Waals surface area contributed by atoms with Crippen molar-refractivity contribution < 1.29 is 24.2 Å². The quantitative estimate of drug-likeness (QED) is 0.425. The van der Waals surface area contributed by atoms with E-state index >= 15 is 0 Å². The Kier molecular flexibility index (Phi) is 7.77. The number of carbonyl (C=O) groups is 3. The maximum atomic E-state index is 13.7. The van der Waals surface area contributed by atoms with Gasteiger partial charge in [-0.05, 0) is 60.2 Å². The highest BCUT2D eigenvalue weighted by Gasteiger charge is 2.35. The highest BCUT2D eigenvalue weighted by atomic mass is 35.5. The number of methoxy groups -OCH3 is 1. The highest BCUT2D eigenvalue weighted by Crippen LogP contribution is 2.31. The Labute approximate surface area is 219 Å². The Morgan fingerprint density at radius 1 is 1.27 bits per heavy atom. The summed E-state index contributed by atoms with van der Waals surface area (Å²) in [5, 5.41) is 17.9. The number of amides is 2. The molecule has 0 saturated heterocycles. The van der Waals surface area contributed by atoms with Gasteiger partial charge in [0.05, 0.1) is 25.1 Å². The summed E-state index contributed by atoms with van der Waals surface area (Å²) in [4.78, 5) is 39.8. The smallest absolute Gasteiger partial charge is 0.337 e. The first kappa shape index (κ1) is 26.2. The van der Waals surface area contributed by atoms with Crippen LogP contribution in [0.2, 0.25) is 5.02 Å². The Balaban J connectivity index is 1.60. The molecule has 0 spiro atoms. The van der Waals surface area contributed by atoms with Crippen molar-refractivity contribution in [3.63, 3.8) is 0 Å². The number of benzene rings is 2. The molecule has 37 heavy (non-hydrogen) atoms. The van der Waals surface area contributed by atoms with Gasteiger partial charge in [-0.15, -0.1) is 10.2 Å². The van der Waals surface area contributed by atoms with Crippen LogP contribution in [0.4, 0.5) is 5.69 Å². The SMILES string of the molecule is CC[C@@H](CC(=O)N1Cc2nncn2CC(Cc2cc(Cl)ccc2OC)C1=O)c1ccc(C(=O)O)c(N)c1. The maximum absolute atomic E-state index is 13.7. The molecule has 1 aliphatic rings. The number of hydrogen-bond donors (Lipinski definition) is 2. The summed E-state index contributed by atoms with van der Waals surface area (Å²) in [5.41, 5.74) is 7.57. The van der Waals surface area contributed by atoms with Crippen molar-refractivity contribution in [2.24, 2.45) is 5.92 Å². The number of hydrogen-bond acceptors (Lipinski definition) is 7. The first-order valence-corrected chi connectivity index (χ1v) is 12.3. The van der Waals surface area contributed by atoms with E-state index in [1.807, 2.05) is 6.92 Å². The van der Waals surface area contributed by atoms with Gasteiger partial charge in [0.1, 0.15) is 12.1 Å². The average molecular weight is 526 g/mol. The largest absolute Gasteiger partial charge is 0.496 e. The average Bonchev–Trinajstić information content (AvgIpc) is 3.26. The second kappa shape index (κ2) is 11.0. The van der Waals surface area contributed by atoms with Crippen LogP contribution in [0.1, 0.15) is 53.0 Å². The number of halogens is 1. The highest BCUT2D eigenvalue weighted by molar-refractivity contribution is 6.30. The van der Waals surface area contributed by atoms with E-state index in [0.717, 1.165) is 11.1 Å². The van der Waals surface area contributed by atoms with E-state index in [1.165, 1.54) is 11.0 Å². The van der Waals surface area contributed by atoms with Crippen molar-refractivity contribution in [2.45, 2.75) is 45.2 Å². The molecule has 3 aromatic rings. The van der Waals surface area contributed by atoms with Crippen molar-refractivity contribution in [3.8, 4) is 5.75 Å². The van der Waals surface area contributed by atoms with Crippen LogP contribution in [0.25, 0.3) is 0 Å². The van der Waals surface area contributed by atoms with Crippen LogP contribution in [0.3, 0.4) is 0 Å². The van der Waals surface area contributed by atoms with E-state index in [9.17, 15) is 19.5 Å². The molecule has 2 atom stereocenters. The van der Waals surface area contributed by atoms with Gasteiger partial charge in [0.2, 0.25) is 11.8 Å². The maximum Gasteiger partial charge on any atom is 0.337 e. The van der Waals surface area contributed by atoms with Gasteiger partial charge < -0.3 is 20.1 Å². The Bertz CT molecular complexity index is 1340. The minimum Gasteiger partial charge on any atom is -0.496 e. The standard InChI is InChI=1S/C26H28ClN5O5/c1-3-15(16-4-6-20(26(35)36)21(28)10-16)11-24(33)32-13-23-30-29-14-31(23)12-18(25(32)34)8-17-9-19(27)5-7-22(17)37-2/h4-7,9-10,14-15,18H,3,8,11-13,28H2,1-2H3,(H,35,36)/t15-,18?/m0/s1. The molecular weight excluding hydrogens is 498 g/mol. The number of aromatic nitrogens is 3. The zero-order valence-electron chi connectivity index (χ0n) is 20.6. The molecule has 2 aromatic carbocycles. The number of carboxylic acid groups (broad SMARTS) is 1. The number of ether oxygens (including phenoxy) is 1. The molecule has 0 aliphatic carbocycles. The zero-order valence-corrected chi connectivity index (χ0v) is 21.3. The number of carbonyl (C=O) groups excluding carboxylic acids is 2. The van der Waals surface area contributed by atoms with Gasteiger partial charge in [-0.25, -0.2) is 4.79 Å². The van der Waals surface area contributed by atoms with Crippen LogP contribution in [0, 0.1) is 5.92 Å². The molecule has 0 fully saturated rings. The van der Waals surface area contributed by atoms with Gasteiger partial charge in [0.25, 0.3) is 0 Å². The van der Waals surface area contributed by atoms with Gasteiger partial charge in [-0.2, -0.15) is 0 Å². The van der Waals surface area contributed by atoms with Crippen molar-refractivity contribution in [1.82, 2.24) is 19.7 Å².